The second kappa shape index (κ2) is 6.80. The van der Waals surface area contributed by atoms with Gasteiger partial charge in [-0.3, -0.25) is 4.79 Å². The van der Waals surface area contributed by atoms with Crippen molar-refractivity contribution in [2.75, 3.05) is 20.2 Å². The summed E-state index contributed by atoms with van der Waals surface area (Å²) < 4.78 is 5.89. The monoisotopic (exact) mass is 355 g/mol. The van der Waals surface area contributed by atoms with Crippen molar-refractivity contribution in [3.8, 4) is 5.75 Å². The van der Waals surface area contributed by atoms with Gasteiger partial charge >= 0.3 is 0 Å². The smallest absolute Gasteiger partial charge is 0.253 e. The largest absolute Gasteiger partial charge is 0.496 e. The second-order valence-electron chi connectivity index (χ2n) is 4.96. The van der Waals surface area contributed by atoms with Gasteiger partial charge in [0.2, 0.25) is 0 Å². The third kappa shape index (κ3) is 3.47. The van der Waals surface area contributed by atoms with Crippen molar-refractivity contribution < 1.29 is 14.7 Å². The van der Waals surface area contributed by atoms with Crippen molar-refractivity contribution in [3.05, 3.63) is 28.2 Å². The van der Waals surface area contributed by atoms with E-state index in [-0.39, 0.29) is 17.7 Å². The number of carbonyl (C=O) groups excluding carboxylic acids is 1. The number of hydrogen-bond acceptors (Lipinski definition) is 4. The zero-order valence-corrected chi connectivity index (χ0v) is 13.3. The molecule has 1 fully saturated rings. The Morgan fingerprint density at radius 3 is 2.95 bits per heavy atom. The zero-order chi connectivity index (χ0) is 15.4. The number of benzene rings is 1. The van der Waals surface area contributed by atoms with Crippen LogP contribution in [0.2, 0.25) is 0 Å². The molecule has 1 aromatic rings. The lowest BCUT2D eigenvalue weighted by Gasteiger charge is -2.32. The Kier molecular flexibility index (Phi) is 5.06. The topological polar surface area (TPSA) is 88.2 Å². The minimum absolute atomic E-state index is 0.0613. The van der Waals surface area contributed by atoms with Crippen LogP contribution >= 0.6 is 15.9 Å². The molecule has 0 aliphatic carbocycles. The fourth-order valence-electron chi connectivity index (χ4n) is 2.47. The molecular formula is C14H18BrN3O3. The van der Waals surface area contributed by atoms with E-state index in [0.717, 1.165) is 17.3 Å². The molecule has 7 heteroatoms. The highest BCUT2D eigenvalue weighted by Gasteiger charge is 2.27. The number of likely N-dealkylation sites (tertiary alicyclic amines) is 1. The molecule has 1 amide bonds. The minimum atomic E-state index is -0.0885. The van der Waals surface area contributed by atoms with E-state index < -0.39 is 0 Å². The van der Waals surface area contributed by atoms with E-state index in [1.807, 2.05) is 0 Å². The van der Waals surface area contributed by atoms with Gasteiger partial charge < -0.3 is 20.6 Å². The van der Waals surface area contributed by atoms with Crippen molar-refractivity contribution in [3.63, 3.8) is 0 Å². The van der Waals surface area contributed by atoms with Crippen LogP contribution in [0.15, 0.2) is 27.8 Å². The third-order valence-corrected chi connectivity index (χ3v) is 4.26. The number of carbonyl (C=O) groups is 1. The molecule has 1 unspecified atom stereocenters. The highest BCUT2D eigenvalue weighted by Crippen LogP contribution is 2.27. The first kappa shape index (κ1) is 15.6. The van der Waals surface area contributed by atoms with Gasteiger partial charge in [-0.2, -0.15) is 0 Å². The van der Waals surface area contributed by atoms with Crippen LogP contribution in [0.3, 0.4) is 0 Å². The van der Waals surface area contributed by atoms with Crippen LogP contribution < -0.4 is 10.5 Å². The number of halogens is 1. The van der Waals surface area contributed by atoms with E-state index in [2.05, 4.69) is 21.1 Å². The highest BCUT2D eigenvalue weighted by molar-refractivity contribution is 9.10. The normalized spacial score (nSPS) is 19.4. The molecule has 21 heavy (non-hydrogen) atoms. The fourth-order valence-corrected chi connectivity index (χ4v) is 3.01. The van der Waals surface area contributed by atoms with E-state index in [4.69, 9.17) is 15.7 Å². The number of nitrogens with zero attached hydrogens (tertiary/aromatic N) is 2. The number of piperidine rings is 1. The first-order chi connectivity index (χ1) is 10.1. The average Bonchev–Trinajstić information content (AvgIpc) is 2.53. The van der Waals surface area contributed by atoms with Crippen LogP contribution in [0.5, 0.6) is 5.75 Å². The molecule has 0 spiro atoms. The number of hydrogen-bond donors (Lipinski definition) is 2. The first-order valence-electron chi connectivity index (χ1n) is 6.67. The van der Waals surface area contributed by atoms with Crippen LogP contribution in [-0.4, -0.2) is 42.0 Å². The van der Waals surface area contributed by atoms with Crippen molar-refractivity contribution in [1.82, 2.24) is 4.90 Å². The van der Waals surface area contributed by atoms with E-state index in [0.29, 0.717) is 24.4 Å². The summed E-state index contributed by atoms with van der Waals surface area (Å²) in [5.74, 6) is 0.714. The first-order valence-corrected chi connectivity index (χ1v) is 7.46. The summed E-state index contributed by atoms with van der Waals surface area (Å²) in [6.07, 6.45) is 1.66. The number of amidine groups is 1. The molecule has 6 nitrogen and oxygen atoms in total. The van der Waals surface area contributed by atoms with E-state index in [1.165, 1.54) is 0 Å². The van der Waals surface area contributed by atoms with Crippen molar-refractivity contribution in [2.24, 2.45) is 16.8 Å². The Morgan fingerprint density at radius 2 is 2.33 bits per heavy atom. The zero-order valence-electron chi connectivity index (χ0n) is 11.8. The molecule has 3 N–H and O–H groups in total. The van der Waals surface area contributed by atoms with Crippen LogP contribution in [0.1, 0.15) is 23.2 Å². The molecule has 1 heterocycles. The van der Waals surface area contributed by atoms with Gasteiger partial charge in [0.05, 0.1) is 11.6 Å². The Bertz CT molecular complexity index is 562. The third-order valence-electron chi connectivity index (χ3n) is 3.64. The maximum absolute atomic E-state index is 12.5. The molecule has 0 radical (unpaired) electrons. The predicted octanol–water partition coefficient (Wildman–Crippen LogP) is 2.06. The summed E-state index contributed by atoms with van der Waals surface area (Å²) in [6.45, 7) is 1.15. The van der Waals surface area contributed by atoms with Gasteiger partial charge in [-0.1, -0.05) is 5.16 Å². The molecule has 2 rings (SSSR count). The van der Waals surface area contributed by atoms with E-state index in [1.54, 1.807) is 30.2 Å². The second-order valence-corrected chi connectivity index (χ2v) is 5.82. The molecule has 0 bridgehead atoms. The lowest BCUT2D eigenvalue weighted by molar-refractivity contribution is 0.0701. The highest BCUT2D eigenvalue weighted by atomic mass is 79.9. The summed E-state index contributed by atoms with van der Waals surface area (Å²) in [6, 6.07) is 5.23. The Balaban J connectivity index is 2.14. The molecule has 1 aliphatic rings. The standard InChI is InChI=1S/C14H18BrN3O3/c1-21-12-5-4-9(7-11(12)15)14(19)18-6-2-3-10(8-18)13(16)17-20/h4-5,7,10,20H,2-3,6,8H2,1H3,(H2,16,17). The van der Waals surface area contributed by atoms with Crippen molar-refractivity contribution >= 4 is 27.7 Å². The number of oxime groups is 1. The SMILES string of the molecule is COc1ccc(C(=O)N2CCCC(C(N)=NO)C2)cc1Br. The van der Waals surface area contributed by atoms with Crippen LogP contribution in [0.25, 0.3) is 0 Å². The van der Waals surface area contributed by atoms with Gasteiger partial charge in [0.15, 0.2) is 0 Å². The van der Waals surface area contributed by atoms with E-state index in [9.17, 15) is 4.79 Å². The maximum atomic E-state index is 12.5. The minimum Gasteiger partial charge on any atom is -0.496 e. The molecule has 0 saturated carbocycles. The number of rotatable bonds is 3. The van der Waals surface area contributed by atoms with Gasteiger partial charge in [0, 0.05) is 24.6 Å². The maximum Gasteiger partial charge on any atom is 0.253 e. The summed E-state index contributed by atoms with van der Waals surface area (Å²) in [5, 5.41) is 11.8. The molecule has 1 saturated heterocycles. The van der Waals surface area contributed by atoms with Gasteiger partial charge in [-0.25, -0.2) is 0 Å². The summed E-state index contributed by atoms with van der Waals surface area (Å²) >= 11 is 3.38. The number of nitrogens with two attached hydrogens (primary N) is 1. The van der Waals surface area contributed by atoms with Gasteiger partial charge in [-0.15, -0.1) is 0 Å². The van der Waals surface area contributed by atoms with Gasteiger partial charge in [0.25, 0.3) is 5.91 Å². The number of methoxy groups -OCH3 is 1. The number of amides is 1. The fraction of sp³-hybridized carbons (Fsp3) is 0.429. The molecule has 1 aromatic carbocycles. The summed E-state index contributed by atoms with van der Waals surface area (Å²) in [4.78, 5) is 14.3. The number of ether oxygens (including phenoxy) is 1. The Hall–Kier alpha value is -1.76. The average molecular weight is 356 g/mol. The Morgan fingerprint density at radius 1 is 1.57 bits per heavy atom. The van der Waals surface area contributed by atoms with Crippen molar-refractivity contribution in [2.45, 2.75) is 12.8 Å². The molecule has 0 aromatic heterocycles. The lowest BCUT2D eigenvalue weighted by atomic mass is 9.96. The lowest BCUT2D eigenvalue weighted by Crippen LogP contribution is -2.44. The van der Waals surface area contributed by atoms with Crippen molar-refractivity contribution in [1.29, 1.82) is 0 Å². The molecule has 1 atom stereocenters. The predicted molar refractivity (Wildman–Crippen MR) is 82.7 cm³/mol. The molecular weight excluding hydrogens is 338 g/mol. The molecule has 1 aliphatic heterocycles. The van der Waals surface area contributed by atoms with E-state index >= 15 is 0 Å². The van der Waals surface area contributed by atoms with Crippen LogP contribution in [0.4, 0.5) is 0 Å². The molecule has 114 valence electrons. The van der Waals surface area contributed by atoms with Crippen LogP contribution in [-0.2, 0) is 0 Å². The quantitative estimate of drug-likeness (QED) is 0.376. The van der Waals surface area contributed by atoms with Gasteiger partial charge in [0.1, 0.15) is 11.6 Å². The van der Waals surface area contributed by atoms with Crippen LogP contribution in [0, 0.1) is 5.92 Å². The van der Waals surface area contributed by atoms with Gasteiger partial charge in [-0.05, 0) is 47.0 Å². The summed E-state index contributed by atoms with van der Waals surface area (Å²) in [7, 11) is 1.58. The Labute approximate surface area is 131 Å². The summed E-state index contributed by atoms with van der Waals surface area (Å²) in [5.41, 5.74) is 6.23.